The molecule has 2 aliphatic heterocycles. The van der Waals surface area contributed by atoms with E-state index in [-0.39, 0.29) is 11.2 Å². The number of amides is 1. The number of pyridine rings is 1. The summed E-state index contributed by atoms with van der Waals surface area (Å²) in [5.74, 6) is -0.991. The summed E-state index contributed by atoms with van der Waals surface area (Å²) in [7, 11) is 0. The molecule has 0 radical (unpaired) electrons. The first kappa shape index (κ1) is 18.8. The van der Waals surface area contributed by atoms with Crippen molar-refractivity contribution in [2.75, 3.05) is 6.54 Å². The molecule has 0 aromatic carbocycles. The normalized spacial score (nSPS) is 19.0. The van der Waals surface area contributed by atoms with E-state index in [0.29, 0.717) is 13.1 Å². The maximum atomic E-state index is 12.6. The van der Waals surface area contributed by atoms with Crippen molar-refractivity contribution in [2.24, 2.45) is 0 Å². The van der Waals surface area contributed by atoms with E-state index in [2.05, 4.69) is 33.3 Å². The zero-order chi connectivity index (χ0) is 20.7. The molecule has 30 heavy (non-hydrogen) atoms. The Morgan fingerprint density at radius 2 is 1.97 bits per heavy atom. The fourth-order valence-corrected chi connectivity index (χ4v) is 4.89. The van der Waals surface area contributed by atoms with Crippen LogP contribution in [0.1, 0.15) is 54.6 Å². The van der Waals surface area contributed by atoms with Gasteiger partial charge in [-0.15, -0.1) is 0 Å². The highest BCUT2D eigenvalue weighted by Crippen LogP contribution is 2.40. The highest BCUT2D eigenvalue weighted by atomic mass is 16.3. The lowest BCUT2D eigenvalue weighted by Crippen LogP contribution is -2.38. The van der Waals surface area contributed by atoms with E-state index in [1.807, 2.05) is 6.20 Å². The van der Waals surface area contributed by atoms with E-state index in [4.69, 9.17) is 4.98 Å². The molecule has 8 nitrogen and oxygen atoms in total. The maximum absolute atomic E-state index is 12.6. The van der Waals surface area contributed by atoms with E-state index in [1.165, 1.54) is 11.8 Å². The Morgan fingerprint density at radius 1 is 1.13 bits per heavy atom. The minimum absolute atomic E-state index is 0.255. The second-order valence-corrected chi connectivity index (χ2v) is 8.48. The molecule has 1 amide bonds. The van der Waals surface area contributed by atoms with Gasteiger partial charge in [0.1, 0.15) is 5.65 Å². The van der Waals surface area contributed by atoms with Crippen molar-refractivity contribution in [3.8, 4) is 5.75 Å². The molecule has 1 aliphatic carbocycles. The molecule has 6 bridgehead atoms. The molecule has 0 unspecified atom stereocenters. The Kier molecular flexibility index (Phi) is 4.56. The first-order valence-corrected chi connectivity index (χ1v) is 10.6. The van der Waals surface area contributed by atoms with Crippen LogP contribution in [-0.2, 0) is 18.5 Å². The highest BCUT2D eigenvalue weighted by molar-refractivity contribution is 5.92. The van der Waals surface area contributed by atoms with Crippen LogP contribution in [0.3, 0.4) is 0 Å². The molecular formula is C22H25N5O3. The van der Waals surface area contributed by atoms with Crippen molar-refractivity contribution in [3.63, 3.8) is 0 Å². The van der Waals surface area contributed by atoms with Crippen LogP contribution in [0.5, 0.6) is 5.75 Å². The van der Waals surface area contributed by atoms with Crippen LogP contribution in [0, 0.1) is 0 Å². The van der Waals surface area contributed by atoms with Crippen LogP contribution in [0.25, 0.3) is 11.0 Å². The van der Waals surface area contributed by atoms with Crippen molar-refractivity contribution in [3.05, 3.63) is 52.2 Å². The van der Waals surface area contributed by atoms with Crippen LogP contribution in [0.2, 0.25) is 0 Å². The molecule has 1 fully saturated rings. The number of hydrogen-bond donors (Lipinski definition) is 2. The summed E-state index contributed by atoms with van der Waals surface area (Å²) in [6, 6.07) is 4.31. The molecule has 8 heteroatoms. The first-order chi connectivity index (χ1) is 14.6. The fraction of sp³-hybridized carbons (Fsp3) is 0.455. The van der Waals surface area contributed by atoms with E-state index < -0.39 is 17.1 Å². The summed E-state index contributed by atoms with van der Waals surface area (Å²) < 4.78 is 3.77. The van der Waals surface area contributed by atoms with Crippen LogP contribution in [0.15, 0.2) is 35.5 Å². The Bertz CT molecular complexity index is 1170. The van der Waals surface area contributed by atoms with Crippen LogP contribution in [-0.4, -0.2) is 36.9 Å². The van der Waals surface area contributed by atoms with Gasteiger partial charge in [0, 0.05) is 24.3 Å². The van der Waals surface area contributed by atoms with Gasteiger partial charge in [-0.3, -0.25) is 14.3 Å². The minimum Gasteiger partial charge on any atom is -0.503 e. The molecule has 3 aromatic heterocycles. The van der Waals surface area contributed by atoms with E-state index in [0.717, 1.165) is 56.0 Å². The van der Waals surface area contributed by atoms with Gasteiger partial charge in [-0.25, -0.2) is 4.98 Å². The number of carbonyl (C=O) groups excluding carboxylic acids is 1. The molecule has 2 N–H and O–H groups in total. The van der Waals surface area contributed by atoms with Gasteiger partial charge in [-0.1, -0.05) is 12.8 Å². The van der Waals surface area contributed by atoms with Crippen molar-refractivity contribution >= 4 is 16.9 Å². The van der Waals surface area contributed by atoms with Crippen molar-refractivity contribution in [1.29, 1.82) is 0 Å². The topological polar surface area (TPSA) is 102 Å². The average Bonchev–Trinajstić information content (AvgIpc) is 3.37. The smallest absolute Gasteiger partial charge is 0.275 e. The second-order valence-electron chi connectivity index (χ2n) is 8.48. The Labute approximate surface area is 173 Å². The van der Waals surface area contributed by atoms with Crippen LogP contribution in [0.4, 0.5) is 0 Å². The van der Waals surface area contributed by atoms with Crippen LogP contribution >= 0.6 is 0 Å². The molecule has 0 saturated heterocycles. The molecule has 3 aromatic rings. The van der Waals surface area contributed by atoms with Gasteiger partial charge in [0.05, 0.1) is 18.3 Å². The van der Waals surface area contributed by atoms with Gasteiger partial charge in [-0.2, -0.15) is 5.10 Å². The third kappa shape index (κ3) is 3.16. The van der Waals surface area contributed by atoms with Gasteiger partial charge in [0.15, 0.2) is 11.4 Å². The zero-order valence-electron chi connectivity index (χ0n) is 16.8. The molecule has 3 aliphatic rings. The number of nitrogens with one attached hydrogen (secondary N) is 1. The third-order valence-corrected chi connectivity index (χ3v) is 6.43. The summed E-state index contributed by atoms with van der Waals surface area (Å²) >= 11 is 0. The molecule has 5 heterocycles. The molecule has 1 saturated carbocycles. The summed E-state index contributed by atoms with van der Waals surface area (Å²) in [5, 5.41) is 18.4. The van der Waals surface area contributed by atoms with E-state index in [9.17, 15) is 14.7 Å². The quantitative estimate of drug-likeness (QED) is 0.596. The number of rotatable bonds is 0. The summed E-state index contributed by atoms with van der Waals surface area (Å²) in [6.07, 6.45) is 12.0. The first-order valence-electron chi connectivity index (χ1n) is 10.6. The average molecular weight is 407 g/mol. The predicted molar refractivity (Wildman–Crippen MR) is 112 cm³/mol. The number of hydrogen-bond acceptors (Lipinski definition) is 5. The standard InChI is InChI=1S/C22H25N5O3/c28-17-13-26-14-22(7-2-3-8-22)27-10-6-16-11-15(12-24-20(16)27)5-1-4-9-23-21(30)18(25-26)19(17)29/h6,10-13,28H,1-5,7-9,14H2,(H,23,30). The molecule has 1 spiro atoms. The Balaban J connectivity index is 1.67. The van der Waals surface area contributed by atoms with Gasteiger partial charge in [-0.05, 0) is 49.8 Å². The molecule has 0 atom stereocenters. The van der Waals surface area contributed by atoms with Crippen molar-refractivity contribution in [1.82, 2.24) is 24.6 Å². The Hall–Kier alpha value is -3.16. The second kappa shape index (κ2) is 7.27. The van der Waals surface area contributed by atoms with Gasteiger partial charge >= 0.3 is 0 Å². The lowest BCUT2D eigenvalue weighted by molar-refractivity contribution is 0.0942. The fourth-order valence-electron chi connectivity index (χ4n) is 4.89. The summed E-state index contributed by atoms with van der Waals surface area (Å²) in [6.45, 7) is 0.903. The van der Waals surface area contributed by atoms with Gasteiger partial charge < -0.3 is 15.0 Å². The highest BCUT2D eigenvalue weighted by Gasteiger charge is 2.37. The Morgan fingerprint density at radius 3 is 2.80 bits per heavy atom. The van der Waals surface area contributed by atoms with Gasteiger partial charge in [0.25, 0.3) is 11.3 Å². The minimum atomic E-state index is -0.731. The summed E-state index contributed by atoms with van der Waals surface area (Å²) in [5.41, 5.74) is 0.873. The number of carbonyl (C=O) groups is 1. The molecule has 6 rings (SSSR count). The number of fused-ring (bicyclic) bond motifs is 6. The number of nitrogens with zero attached hydrogens (tertiary/aromatic N) is 4. The third-order valence-electron chi connectivity index (χ3n) is 6.43. The van der Waals surface area contributed by atoms with Crippen LogP contribution < -0.4 is 10.7 Å². The maximum Gasteiger partial charge on any atom is 0.275 e. The van der Waals surface area contributed by atoms with Gasteiger partial charge in [0.2, 0.25) is 0 Å². The lowest BCUT2D eigenvalue weighted by Gasteiger charge is -2.32. The lowest BCUT2D eigenvalue weighted by atomic mass is 9.97. The number of aromatic hydroxyl groups is 1. The molecule has 156 valence electrons. The predicted octanol–water partition coefficient (Wildman–Crippen LogP) is 2.33. The number of aryl methyl sites for hydroxylation is 1. The van der Waals surface area contributed by atoms with Crippen molar-refractivity contribution < 1.29 is 9.90 Å². The SMILES string of the molecule is O=C1NCCCCc2cnc3c(ccn3C3(CCCC3)Cn3cc(O)c(=O)c1n3)c2. The number of aromatic nitrogens is 4. The summed E-state index contributed by atoms with van der Waals surface area (Å²) in [4.78, 5) is 29.7. The monoisotopic (exact) mass is 407 g/mol. The molecular weight excluding hydrogens is 382 g/mol. The zero-order valence-corrected chi connectivity index (χ0v) is 16.8. The van der Waals surface area contributed by atoms with E-state index in [1.54, 1.807) is 4.68 Å². The van der Waals surface area contributed by atoms with Crippen molar-refractivity contribution in [2.45, 2.75) is 57.0 Å². The largest absolute Gasteiger partial charge is 0.503 e. The van der Waals surface area contributed by atoms with E-state index >= 15 is 0 Å².